The van der Waals surface area contributed by atoms with Crippen molar-refractivity contribution < 1.29 is 4.79 Å². The summed E-state index contributed by atoms with van der Waals surface area (Å²) in [5.41, 5.74) is 4.67. The van der Waals surface area contributed by atoms with Crippen molar-refractivity contribution in [3.8, 4) is 6.07 Å². The molecule has 1 amide bonds. The van der Waals surface area contributed by atoms with Crippen LogP contribution in [-0.2, 0) is 17.6 Å². The lowest BCUT2D eigenvalue weighted by Crippen LogP contribution is -2.34. The van der Waals surface area contributed by atoms with Gasteiger partial charge < -0.3 is 0 Å². The average molecular weight is 458 g/mol. The van der Waals surface area contributed by atoms with Crippen LogP contribution in [0.4, 0.5) is 11.4 Å². The van der Waals surface area contributed by atoms with Crippen molar-refractivity contribution in [3.63, 3.8) is 0 Å². The quantitative estimate of drug-likeness (QED) is 0.330. The van der Waals surface area contributed by atoms with E-state index in [4.69, 9.17) is 4.98 Å². The Balaban J connectivity index is 1.48. The summed E-state index contributed by atoms with van der Waals surface area (Å²) in [5.74, 6) is -0.00386. The predicted molar refractivity (Wildman–Crippen MR) is 130 cm³/mol. The van der Waals surface area contributed by atoms with E-state index in [1.165, 1.54) is 23.7 Å². The van der Waals surface area contributed by atoms with Gasteiger partial charge in [0.25, 0.3) is 0 Å². The number of hydrogen-bond acceptors (Lipinski definition) is 5. The first-order valence-electron chi connectivity index (χ1n) is 10.9. The number of fused-ring (bicyclic) bond motifs is 3. The van der Waals surface area contributed by atoms with Gasteiger partial charge >= 0.3 is 0 Å². The van der Waals surface area contributed by atoms with Crippen LogP contribution in [0.3, 0.4) is 0 Å². The van der Waals surface area contributed by atoms with E-state index in [0.29, 0.717) is 10.6 Å². The number of anilines is 2. The van der Waals surface area contributed by atoms with Gasteiger partial charge in [-0.2, -0.15) is 5.26 Å². The number of rotatable bonds is 3. The zero-order chi connectivity index (χ0) is 22.1. The number of nitrogens with zero attached hydrogens (tertiary/aromatic N) is 3. The minimum atomic E-state index is -0.386. The van der Waals surface area contributed by atoms with Gasteiger partial charge in [-0.1, -0.05) is 54.2 Å². The Morgan fingerprint density at radius 3 is 2.41 bits per heavy atom. The first-order chi connectivity index (χ1) is 15.7. The average Bonchev–Trinajstić information content (AvgIpc) is 3.06. The van der Waals surface area contributed by atoms with Crippen molar-refractivity contribution in [1.29, 1.82) is 5.26 Å². The van der Waals surface area contributed by atoms with E-state index in [9.17, 15) is 10.1 Å². The largest absolute Gasteiger partial charge is 0.278 e. The molecule has 2 heterocycles. The summed E-state index contributed by atoms with van der Waals surface area (Å²) in [4.78, 5) is 22.6. The first kappa shape index (κ1) is 21.1. The molecule has 0 saturated carbocycles. The highest BCUT2D eigenvalue weighted by molar-refractivity contribution is 8.00. The van der Waals surface area contributed by atoms with E-state index in [1.54, 1.807) is 11.8 Å². The van der Waals surface area contributed by atoms with Crippen molar-refractivity contribution in [2.75, 3.05) is 4.90 Å². The maximum absolute atomic E-state index is 13.8. The van der Waals surface area contributed by atoms with E-state index >= 15 is 0 Å². The fraction of sp³-hybridized carbons (Fsp3) is 0.269. The fourth-order valence-corrected chi connectivity index (χ4v) is 6.30. The molecular weight excluding hydrogens is 434 g/mol. The number of benzene rings is 2. The molecule has 0 radical (unpaired) electrons. The second kappa shape index (κ2) is 9.01. The number of aromatic nitrogens is 1. The molecule has 160 valence electrons. The number of aryl methyl sites for hydroxylation is 2. The summed E-state index contributed by atoms with van der Waals surface area (Å²) in [7, 11) is 0. The molecule has 0 bridgehead atoms. The lowest BCUT2D eigenvalue weighted by atomic mass is 10.1. The van der Waals surface area contributed by atoms with E-state index in [2.05, 4.69) is 18.2 Å². The van der Waals surface area contributed by atoms with Crippen molar-refractivity contribution in [2.45, 2.75) is 59.1 Å². The maximum atomic E-state index is 13.8. The van der Waals surface area contributed by atoms with Gasteiger partial charge in [0.15, 0.2) is 0 Å². The molecule has 0 N–H and O–H groups in total. The van der Waals surface area contributed by atoms with Crippen LogP contribution in [0.5, 0.6) is 0 Å². The van der Waals surface area contributed by atoms with Gasteiger partial charge in [0, 0.05) is 15.5 Å². The van der Waals surface area contributed by atoms with Crippen molar-refractivity contribution in [3.05, 3.63) is 71.4 Å². The summed E-state index contributed by atoms with van der Waals surface area (Å²) < 4.78 is 0. The van der Waals surface area contributed by atoms with E-state index in [1.807, 2.05) is 54.3 Å². The van der Waals surface area contributed by atoms with Crippen LogP contribution in [0.25, 0.3) is 0 Å². The standard InChI is InChI=1S/C26H23N3OS2/c1-17(31-25-19(16-27)15-18-9-3-2-4-10-20(18)28-25)26(30)29-21-11-5-7-13-23(21)32-24-14-8-6-12-22(24)29/h5-8,11-15,17H,2-4,9-10H2,1H3. The molecule has 1 unspecified atom stereocenters. The molecule has 1 aliphatic carbocycles. The molecule has 1 aliphatic heterocycles. The molecule has 0 saturated heterocycles. The molecule has 0 spiro atoms. The Bertz CT molecular complexity index is 1190. The third-order valence-corrected chi connectivity index (χ3v) is 8.15. The number of amides is 1. The smallest absolute Gasteiger partial charge is 0.244 e. The number of nitriles is 1. The minimum absolute atomic E-state index is 0.00386. The number of para-hydroxylation sites is 2. The van der Waals surface area contributed by atoms with E-state index in [0.717, 1.165) is 52.5 Å². The van der Waals surface area contributed by atoms with Crippen LogP contribution < -0.4 is 4.90 Å². The molecule has 0 fully saturated rings. The Labute approximate surface area is 197 Å². The maximum Gasteiger partial charge on any atom is 0.244 e. The molecule has 4 nitrogen and oxygen atoms in total. The SMILES string of the molecule is CC(Sc1nc2c(cc1C#N)CCCCC2)C(=O)N1c2ccccc2Sc2ccccc21. The van der Waals surface area contributed by atoms with Crippen LogP contribution in [0.1, 0.15) is 43.0 Å². The van der Waals surface area contributed by atoms with Gasteiger partial charge in [-0.3, -0.25) is 9.69 Å². The Morgan fingerprint density at radius 2 is 1.72 bits per heavy atom. The van der Waals surface area contributed by atoms with Crippen molar-refractivity contribution in [2.24, 2.45) is 0 Å². The molecule has 32 heavy (non-hydrogen) atoms. The predicted octanol–water partition coefficient (Wildman–Crippen LogP) is 6.53. The Kier molecular flexibility index (Phi) is 5.95. The van der Waals surface area contributed by atoms with Crippen LogP contribution in [0, 0.1) is 11.3 Å². The van der Waals surface area contributed by atoms with Gasteiger partial charge in [0.2, 0.25) is 5.91 Å². The zero-order valence-electron chi connectivity index (χ0n) is 17.9. The topological polar surface area (TPSA) is 57.0 Å². The monoisotopic (exact) mass is 457 g/mol. The van der Waals surface area contributed by atoms with Gasteiger partial charge in [0.05, 0.1) is 22.2 Å². The van der Waals surface area contributed by atoms with Crippen LogP contribution in [0.2, 0.25) is 0 Å². The second-order valence-corrected chi connectivity index (χ2v) is 10.5. The number of carbonyl (C=O) groups excluding carboxylic acids is 1. The third kappa shape index (κ3) is 3.92. The lowest BCUT2D eigenvalue weighted by Gasteiger charge is -2.32. The summed E-state index contributed by atoms with van der Waals surface area (Å²) in [6.45, 7) is 1.91. The van der Waals surface area contributed by atoms with Gasteiger partial charge in [-0.05, 0) is 68.5 Å². The lowest BCUT2D eigenvalue weighted by molar-refractivity contribution is -0.117. The van der Waals surface area contributed by atoms with Gasteiger partial charge in [-0.25, -0.2) is 4.98 Å². The highest BCUT2D eigenvalue weighted by atomic mass is 32.2. The molecule has 2 aliphatic rings. The Hall–Kier alpha value is -2.75. The van der Waals surface area contributed by atoms with Crippen molar-refractivity contribution in [1.82, 2.24) is 4.98 Å². The normalized spacial score (nSPS) is 15.6. The van der Waals surface area contributed by atoms with E-state index in [-0.39, 0.29) is 11.2 Å². The van der Waals surface area contributed by atoms with Crippen LogP contribution >= 0.6 is 23.5 Å². The number of pyridine rings is 1. The molecule has 1 aromatic heterocycles. The van der Waals surface area contributed by atoms with Gasteiger partial charge in [-0.15, -0.1) is 0 Å². The summed E-state index contributed by atoms with van der Waals surface area (Å²) in [5, 5.41) is 10.0. The second-order valence-electron chi connectivity index (χ2n) is 8.09. The molecule has 3 aromatic rings. The van der Waals surface area contributed by atoms with Crippen LogP contribution in [0.15, 0.2) is 69.4 Å². The highest BCUT2D eigenvalue weighted by Crippen LogP contribution is 2.48. The number of thioether (sulfide) groups is 1. The third-order valence-electron chi connectivity index (χ3n) is 5.93. The molecule has 6 heteroatoms. The molecule has 1 atom stereocenters. The fourth-order valence-electron chi connectivity index (χ4n) is 4.30. The number of carbonyl (C=O) groups is 1. The molecule has 5 rings (SSSR count). The Morgan fingerprint density at radius 1 is 1.06 bits per heavy atom. The summed E-state index contributed by atoms with van der Waals surface area (Å²) in [6, 6.07) is 20.3. The zero-order valence-corrected chi connectivity index (χ0v) is 19.5. The van der Waals surface area contributed by atoms with Crippen molar-refractivity contribution >= 4 is 40.8 Å². The van der Waals surface area contributed by atoms with Crippen LogP contribution in [-0.4, -0.2) is 16.1 Å². The highest BCUT2D eigenvalue weighted by Gasteiger charge is 2.31. The first-order valence-corrected chi connectivity index (χ1v) is 12.6. The summed E-state index contributed by atoms with van der Waals surface area (Å²) >= 11 is 3.08. The molecule has 2 aromatic carbocycles. The molecular formula is C26H23N3OS2. The minimum Gasteiger partial charge on any atom is -0.278 e. The van der Waals surface area contributed by atoms with Gasteiger partial charge in [0.1, 0.15) is 11.1 Å². The number of hydrogen-bond donors (Lipinski definition) is 0. The van der Waals surface area contributed by atoms with E-state index < -0.39 is 0 Å². The summed E-state index contributed by atoms with van der Waals surface area (Å²) in [6.07, 6.45) is 5.40.